The van der Waals surface area contributed by atoms with Crippen molar-refractivity contribution in [2.75, 3.05) is 13.2 Å². The van der Waals surface area contributed by atoms with Gasteiger partial charge in [-0.15, -0.1) is 0 Å². The second-order valence-electron chi connectivity index (χ2n) is 7.82. The van der Waals surface area contributed by atoms with Crippen LogP contribution in [0.4, 0.5) is 0 Å². The molecule has 2 nitrogen and oxygen atoms in total. The summed E-state index contributed by atoms with van der Waals surface area (Å²) in [5.41, 5.74) is 5.53. The standard InChI is InChI=1S/C26H35NO/c27-19-13-7-5-3-1-2-4-6-8-14-20-28-26-24-17-11-9-15-22(24)21-23-16-10-12-18-25(23)26/h9-12,15-18,21H,1-8,13-14,19-20,27H2. The van der Waals surface area contributed by atoms with Crippen molar-refractivity contribution >= 4 is 21.5 Å². The van der Waals surface area contributed by atoms with Crippen LogP contribution in [0.1, 0.15) is 64.2 Å². The van der Waals surface area contributed by atoms with Gasteiger partial charge >= 0.3 is 0 Å². The molecule has 0 fully saturated rings. The summed E-state index contributed by atoms with van der Waals surface area (Å²) in [4.78, 5) is 0. The van der Waals surface area contributed by atoms with E-state index >= 15 is 0 Å². The van der Waals surface area contributed by atoms with Crippen LogP contribution in [0.15, 0.2) is 54.6 Å². The van der Waals surface area contributed by atoms with Crippen LogP contribution >= 0.6 is 0 Å². The fraction of sp³-hybridized carbons (Fsp3) is 0.462. The molecule has 0 spiro atoms. The maximum atomic E-state index is 6.30. The van der Waals surface area contributed by atoms with Gasteiger partial charge in [0, 0.05) is 10.8 Å². The molecule has 0 aliphatic heterocycles. The molecule has 2 N–H and O–H groups in total. The summed E-state index contributed by atoms with van der Waals surface area (Å²) in [6.07, 6.45) is 13.0. The van der Waals surface area contributed by atoms with Crippen molar-refractivity contribution in [2.45, 2.75) is 64.2 Å². The van der Waals surface area contributed by atoms with Crippen LogP contribution in [0.2, 0.25) is 0 Å². The zero-order valence-electron chi connectivity index (χ0n) is 17.2. The van der Waals surface area contributed by atoms with E-state index in [1.807, 2.05) is 0 Å². The quantitative estimate of drug-likeness (QED) is 0.252. The molecular formula is C26H35NO. The molecule has 150 valence electrons. The van der Waals surface area contributed by atoms with Crippen LogP contribution in [0.5, 0.6) is 5.75 Å². The maximum absolute atomic E-state index is 6.30. The highest BCUT2D eigenvalue weighted by molar-refractivity contribution is 6.05. The Bertz CT molecular complexity index is 788. The van der Waals surface area contributed by atoms with Crippen LogP contribution in [-0.4, -0.2) is 13.2 Å². The van der Waals surface area contributed by atoms with E-state index in [2.05, 4.69) is 54.6 Å². The Labute approximate surface area is 170 Å². The van der Waals surface area contributed by atoms with E-state index in [0.717, 1.165) is 25.3 Å². The van der Waals surface area contributed by atoms with Gasteiger partial charge in [0.05, 0.1) is 6.61 Å². The van der Waals surface area contributed by atoms with Crippen molar-refractivity contribution in [3.63, 3.8) is 0 Å². The van der Waals surface area contributed by atoms with Gasteiger partial charge in [-0.05, 0) is 36.2 Å². The number of hydrogen-bond acceptors (Lipinski definition) is 2. The van der Waals surface area contributed by atoms with E-state index in [1.165, 1.54) is 79.3 Å². The summed E-state index contributed by atoms with van der Waals surface area (Å²) in [7, 11) is 0. The van der Waals surface area contributed by atoms with E-state index in [4.69, 9.17) is 10.5 Å². The minimum atomic E-state index is 0.803. The summed E-state index contributed by atoms with van der Waals surface area (Å²) in [6, 6.07) is 19.3. The van der Waals surface area contributed by atoms with Gasteiger partial charge < -0.3 is 10.5 Å². The number of benzene rings is 3. The van der Waals surface area contributed by atoms with E-state index in [9.17, 15) is 0 Å². The van der Waals surface area contributed by atoms with Crippen LogP contribution in [0.25, 0.3) is 21.5 Å². The van der Waals surface area contributed by atoms with Gasteiger partial charge in [-0.25, -0.2) is 0 Å². The first-order valence-electron chi connectivity index (χ1n) is 11.1. The average molecular weight is 378 g/mol. The van der Waals surface area contributed by atoms with Gasteiger partial charge in [0.2, 0.25) is 0 Å². The third-order valence-electron chi connectivity index (χ3n) is 5.57. The molecule has 0 saturated heterocycles. The van der Waals surface area contributed by atoms with Gasteiger partial charge in [-0.1, -0.05) is 99.9 Å². The minimum Gasteiger partial charge on any atom is -0.492 e. The number of unbranched alkanes of at least 4 members (excludes halogenated alkanes) is 9. The lowest BCUT2D eigenvalue weighted by Crippen LogP contribution is -1.99. The predicted molar refractivity (Wildman–Crippen MR) is 122 cm³/mol. The molecule has 0 unspecified atom stereocenters. The third kappa shape index (κ3) is 5.97. The Kier molecular flexibility index (Phi) is 8.64. The van der Waals surface area contributed by atoms with Crippen LogP contribution < -0.4 is 10.5 Å². The summed E-state index contributed by atoms with van der Waals surface area (Å²) in [6.45, 7) is 1.65. The summed E-state index contributed by atoms with van der Waals surface area (Å²) >= 11 is 0. The Hall–Kier alpha value is -2.06. The summed E-state index contributed by atoms with van der Waals surface area (Å²) in [5, 5.41) is 4.94. The highest BCUT2D eigenvalue weighted by Gasteiger charge is 2.08. The lowest BCUT2D eigenvalue weighted by atomic mass is 10.0. The second kappa shape index (κ2) is 11.7. The first-order chi connectivity index (χ1) is 13.9. The molecule has 0 aromatic heterocycles. The molecule has 2 heteroatoms. The Balaban J connectivity index is 1.41. The van der Waals surface area contributed by atoms with Crippen LogP contribution in [0.3, 0.4) is 0 Å². The molecular weight excluding hydrogens is 342 g/mol. The van der Waals surface area contributed by atoms with Crippen molar-refractivity contribution < 1.29 is 4.74 Å². The normalized spacial score (nSPS) is 11.3. The Morgan fingerprint density at radius 3 is 1.57 bits per heavy atom. The van der Waals surface area contributed by atoms with Gasteiger partial charge in [0.15, 0.2) is 0 Å². The molecule has 0 heterocycles. The topological polar surface area (TPSA) is 35.2 Å². The zero-order chi connectivity index (χ0) is 19.4. The highest BCUT2D eigenvalue weighted by atomic mass is 16.5. The van der Waals surface area contributed by atoms with E-state index < -0.39 is 0 Å². The molecule has 0 aliphatic carbocycles. The van der Waals surface area contributed by atoms with Crippen LogP contribution in [-0.2, 0) is 0 Å². The van der Waals surface area contributed by atoms with Crippen molar-refractivity contribution in [3.05, 3.63) is 54.6 Å². The van der Waals surface area contributed by atoms with Gasteiger partial charge in [0.25, 0.3) is 0 Å². The van der Waals surface area contributed by atoms with Gasteiger partial charge in [0.1, 0.15) is 5.75 Å². The van der Waals surface area contributed by atoms with E-state index in [0.29, 0.717) is 0 Å². The monoisotopic (exact) mass is 377 g/mol. The Morgan fingerprint density at radius 1 is 0.571 bits per heavy atom. The van der Waals surface area contributed by atoms with Crippen molar-refractivity contribution in [3.8, 4) is 5.75 Å². The summed E-state index contributed by atoms with van der Waals surface area (Å²) < 4.78 is 6.30. The van der Waals surface area contributed by atoms with E-state index in [-0.39, 0.29) is 0 Å². The molecule has 0 bridgehead atoms. The highest BCUT2D eigenvalue weighted by Crippen LogP contribution is 2.34. The first kappa shape index (κ1) is 20.7. The second-order valence-corrected chi connectivity index (χ2v) is 7.82. The van der Waals surface area contributed by atoms with Crippen LogP contribution in [0, 0.1) is 0 Å². The smallest absolute Gasteiger partial charge is 0.134 e. The molecule has 3 aromatic rings. The largest absolute Gasteiger partial charge is 0.492 e. The molecule has 0 radical (unpaired) electrons. The fourth-order valence-corrected chi connectivity index (χ4v) is 3.96. The van der Waals surface area contributed by atoms with Gasteiger partial charge in [-0.3, -0.25) is 0 Å². The number of rotatable bonds is 13. The number of hydrogen-bond donors (Lipinski definition) is 1. The molecule has 0 atom stereocenters. The molecule has 0 saturated carbocycles. The molecule has 0 amide bonds. The number of ether oxygens (including phenoxy) is 1. The molecule has 28 heavy (non-hydrogen) atoms. The molecule has 0 aliphatic rings. The predicted octanol–water partition coefficient (Wildman–Crippen LogP) is 7.23. The van der Waals surface area contributed by atoms with Crippen molar-refractivity contribution in [1.82, 2.24) is 0 Å². The fourth-order valence-electron chi connectivity index (χ4n) is 3.96. The number of nitrogens with two attached hydrogens (primary N) is 1. The minimum absolute atomic E-state index is 0.803. The van der Waals surface area contributed by atoms with E-state index in [1.54, 1.807) is 0 Å². The first-order valence-corrected chi connectivity index (χ1v) is 11.1. The number of fused-ring (bicyclic) bond motifs is 2. The van der Waals surface area contributed by atoms with Gasteiger partial charge in [-0.2, -0.15) is 0 Å². The van der Waals surface area contributed by atoms with Crippen molar-refractivity contribution in [2.24, 2.45) is 5.73 Å². The maximum Gasteiger partial charge on any atom is 0.134 e. The zero-order valence-corrected chi connectivity index (χ0v) is 17.2. The third-order valence-corrected chi connectivity index (χ3v) is 5.57. The Morgan fingerprint density at radius 2 is 1.04 bits per heavy atom. The molecule has 3 rings (SSSR count). The van der Waals surface area contributed by atoms with Crippen molar-refractivity contribution in [1.29, 1.82) is 0 Å². The average Bonchev–Trinajstić information content (AvgIpc) is 2.73. The summed E-state index contributed by atoms with van der Waals surface area (Å²) in [5.74, 6) is 1.05. The molecule has 3 aromatic carbocycles. The lowest BCUT2D eigenvalue weighted by Gasteiger charge is -2.13. The SMILES string of the molecule is NCCCCCCCCCCCCOc1c2ccccc2cc2ccccc12. The lowest BCUT2D eigenvalue weighted by molar-refractivity contribution is 0.311.